The molecule has 1 saturated heterocycles. The second kappa shape index (κ2) is 6.53. The van der Waals surface area contributed by atoms with Crippen LogP contribution in [0.15, 0.2) is 12.1 Å². The molecule has 2 nitrogen and oxygen atoms in total. The fourth-order valence-electron chi connectivity index (χ4n) is 3.35. The molecule has 0 aromatic heterocycles. The molecule has 2 heteroatoms. The lowest BCUT2D eigenvalue weighted by Crippen LogP contribution is -2.34. The summed E-state index contributed by atoms with van der Waals surface area (Å²) in [4.78, 5) is 2.61. The van der Waals surface area contributed by atoms with E-state index in [0.717, 1.165) is 19.0 Å². The van der Waals surface area contributed by atoms with Gasteiger partial charge in [-0.15, -0.1) is 0 Å². The monoisotopic (exact) mass is 260 g/mol. The standard InChI is InChI=1S/C17H28N2/c1-13-10-14(2)17(15(3)11-13)12-19-8-5-16(4-7-18)6-9-19/h10-11,16H,4-9,12,18H2,1-3H3. The Kier molecular flexibility index (Phi) is 5.00. The minimum atomic E-state index is 0.848. The number of aryl methyl sites for hydroxylation is 3. The van der Waals surface area contributed by atoms with Crippen molar-refractivity contribution in [1.82, 2.24) is 4.90 Å². The quantitative estimate of drug-likeness (QED) is 0.901. The van der Waals surface area contributed by atoms with Gasteiger partial charge in [-0.25, -0.2) is 0 Å². The summed E-state index contributed by atoms with van der Waals surface area (Å²) in [6.07, 6.45) is 3.85. The van der Waals surface area contributed by atoms with Crippen LogP contribution in [0.4, 0.5) is 0 Å². The molecule has 1 aliphatic heterocycles. The molecular weight excluding hydrogens is 232 g/mol. The fourth-order valence-corrected chi connectivity index (χ4v) is 3.35. The highest BCUT2D eigenvalue weighted by Crippen LogP contribution is 2.24. The zero-order valence-electron chi connectivity index (χ0n) is 12.7. The number of likely N-dealkylation sites (tertiary alicyclic amines) is 1. The molecule has 0 bridgehead atoms. The SMILES string of the molecule is Cc1cc(C)c(CN2CCC(CCN)CC2)c(C)c1. The summed E-state index contributed by atoms with van der Waals surface area (Å²) in [5.74, 6) is 0.862. The first-order valence-corrected chi connectivity index (χ1v) is 7.59. The van der Waals surface area contributed by atoms with E-state index in [9.17, 15) is 0 Å². The van der Waals surface area contributed by atoms with Gasteiger partial charge >= 0.3 is 0 Å². The third kappa shape index (κ3) is 3.80. The number of benzene rings is 1. The van der Waals surface area contributed by atoms with E-state index >= 15 is 0 Å². The van der Waals surface area contributed by atoms with Crippen LogP contribution in [0.2, 0.25) is 0 Å². The van der Waals surface area contributed by atoms with Gasteiger partial charge in [0.2, 0.25) is 0 Å². The lowest BCUT2D eigenvalue weighted by atomic mass is 9.92. The summed E-state index contributed by atoms with van der Waals surface area (Å²) in [6.45, 7) is 11.1. The van der Waals surface area contributed by atoms with E-state index in [2.05, 4.69) is 37.8 Å². The van der Waals surface area contributed by atoms with Crippen molar-refractivity contribution in [2.24, 2.45) is 11.7 Å². The van der Waals surface area contributed by atoms with Crippen molar-refractivity contribution in [3.63, 3.8) is 0 Å². The summed E-state index contributed by atoms with van der Waals surface area (Å²) < 4.78 is 0. The van der Waals surface area contributed by atoms with Crippen molar-refractivity contribution in [2.75, 3.05) is 19.6 Å². The second-order valence-corrected chi connectivity index (χ2v) is 6.17. The summed E-state index contributed by atoms with van der Waals surface area (Å²) in [5.41, 5.74) is 11.5. The van der Waals surface area contributed by atoms with Gasteiger partial charge in [0.05, 0.1) is 0 Å². The number of nitrogens with two attached hydrogens (primary N) is 1. The molecule has 1 aromatic rings. The van der Waals surface area contributed by atoms with Gasteiger partial charge in [-0.1, -0.05) is 17.7 Å². The first kappa shape index (κ1) is 14.5. The fraction of sp³-hybridized carbons (Fsp3) is 0.647. The Bertz CT molecular complexity index is 394. The highest BCUT2D eigenvalue weighted by Gasteiger charge is 2.19. The predicted octanol–water partition coefficient (Wildman–Crippen LogP) is 3.17. The minimum absolute atomic E-state index is 0.848. The molecule has 2 rings (SSSR count). The zero-order valence-corrected chi connectivity index (χ0v) is 12.7. The van der Waals surface area contributed by atoms with Gasteiger partial charge in [0, 0.05) is 6.54 Å². The van der Waals surface area contributed by atoms with Gasteiger partial charge in [-0.3, -0.25) is 4.90 Å². The molecule has 1 fully saturated rings. The Hall–Kier alpha value is -0.860. The summed E-state index contributed by atoms with van der Waals surface area (Å²) in [5, 5.41) is 0. The van der Waals surface area contributed by atoms with Crippen molar-refractivity contribution in [2.45, 2.75) is 46.6 Å². The molecule has 0 atom stereocenters. The lowest BCUT2D eigenvalue weighted by molar-refractivity contribution is 0.173. The maximum absolute atomic E-state index is 5.66. The van der Waals surface area contributed by atoms with E-state index in [-0.39, 0.29) is 0 Å². The molecule has 1 heterocycles. The zero-order chi connectivity index (χ0) is 13.8. The smallest absolute Gasteiger partial charge is 0.0238 e. The number of nitrogens with zero attached hydrogens (tertiary/aromatic N) is 1. The molecule has 0 amide bonds. The van der Waals surface area contributed by atoms with Gasteiger partial charge in [0.15, 0.2) is 0 Å². The van der Waals surface area contributed by atoms with Gasteiger partial charge in [-0.05, 0) is 82.3 Å². The molecule has 0 radical (unpaired) electrons. The Morgan fingerprint density at radius 1 is 1.11 bits per heavy atom. The van der Waals surface area contributed by atoms with Crippen molar-refractivity contribution in [3.8, 4) is 0 Å². The van der Waals surface area contributed by atoms with Crippen LogP contribution in [0.5, 0.6) is 0 Å². The topological polar surface area (TPSA) is 29.3 Å². The lowest BCUT2D eigenvalue weighted by Gasteiger charge is -2.32. The summed E-state index contributed by atoms with van der Waals surface area (Å²) >= 11 is 0. The first-order valence-electron chi connectivity index (χ1n) is 7.59. The average Bonchev–Trinajstić information content (AvgIpc) is 2.36. The summed E-state index contributed by atoms with van der Waals surface area (Å²) in [6, 6.07) is 4.62. The van der Waals surface area contributed by atoms with Crippen LogP contribution in [-0.2, 0) is 6.54 Å². The van der Waals surface area contributed by atoms with E-state index in [0.29, 0.717) is 0 Å². The number of hydrogen-bond donors (Lipinski definition) is 1. The average molecular weight is 260 g/mol. The molecule has 106 valence electrons. The number of rotatable bonds is 4. The van der Waals surface area contributed by atoms with E-state index in [4.69, 9.17) is 5.73 Å². The number of hydrogen-bond acceptors (Lipinski definition) is 2. The maximum atomic E-state index is 5.66. The molecule has 0 aliphatic carbocycles. The Balaban J connectivity index is 1.96. The normalized spacial score (nSPS) is 17.9. The van der Waals surface area contributed by atoms with Crippen LogP contribution in [0, 0.1) is 26.7 Å². The van der Waals surface area contributed by atoms with Crippen molar-refractivity contribution in [1.29, 1.82) is 0 Å². The van der Waals surface area contributed by atoms with Crippen LogP contribution in [-0.4, -0.2) is 24.5 Å². The molecule has 0 unspecified atom stereocenters. The highest BCUT2D eigenvalue weighted by molar-refractivity contribution is 5.37. The maximum Gasteiger partial charge on any atom is 0.0238 e. The Morgan fingerprint density at radius 2 is 1.68 bits per heavy atom. The van der Waals surface area contributed by atoms with Crippen LogP contribution in [0.1, 0.15) is 41.5 Å². The first-order chi connectivity index (χ1) is 9.10. The second-order valence-electron chi connectivity index (χ2n) is 6.17. The minimum Gasteiger partial charge on any atom is -0.330 e. The third-order valence-corrected chi connectivity index (χ3v) is 4.50. The van der Waals surface area contributed by atoms with E-state index in [1.807, 2.05) is 0 Å². The van der Waals surface area contributed by atoms with Crippen LogP contribution < -0.4 is 5.73 Å². The van der Waals surface area contributed by atoms with Crippen LogP contribution in [0.25, 0.3) is 0 Å². The number of piperidine rings is 1. The molecular formula is C17H28N2. The largest absolute Gasteiger partial charge is 0.330 e. The predicted molar refractivity (Wildman–Crippen MR) is 82.3 cm³/mol. The van der Waals surface area contributed by atoms with E-state index in [1.165, 1.54) is 54.6 Å². The van der Waals surface area contributed by atoms with Gasteiger partial charge in [-0.2, -0.15) is 0 Å². The third-order valence-electron chi connectivity index (χ3n) is 4.50. The molecule has 19 heavy (non-hydrogen) atoms. The molecule has 1 aliphatic rings. The molecule has 1 aromatic carbocycles. The summed E-state index contributed by atoms with van der Waals surface area (Å²) in [7, 11) is 0. The van der Waals surface area contributed by atoms with E-state index in [1.54, 1.807) is 0 Å². The van der Waals surface area contributed by atoms with E-state index < -0.39 is 0 Å². The van der Waals surface area contributed by atoms with Gasteiger partial charge in [0.1, 0.15) is 0 Å². The molecule has 2 N–H and O–H groups in total. The molecule has 0 saturated carbocycles. The van der Waals surface area contributed by atoms with Crippen molar-refractivity contribution in [3.05, 3.63) is 34.4 Å². The van der Waals surface area contributed by atoms with Crippen LogP contribution in [0.3, 0.4) is 0 Å². The van der Waals surface area contributed by atoms with Crippen molar-refractivity contribution < 1.29 is 0 Å². The van der Waals surface area contributed by atoms with Gasteiger partial charge < -0.3 is 5.73 Å². The van der Waals surface area contributed by atoms with Crippen molar-refractivity contribution >= 4 is 0 Å². The Labute approximate surface area is 118 Å². The Morgan fingerprint density at radius 3 is 2.21 bits per heavy atom. The molecule has 0 spiro atoms. The van der Waals surface area contributed by atoms with Gasteiger partial charge in [0.25, 0.3) is 0 Å². The van der Waals surface area contributed by atoms with Crippen LogP contribution >= 0.6 is 0 Å². The highest BCUT2D eigenvalue weighted by atomic mass is 15.1.